The Hall–Kier alpha value is -4.03. The van der Waals surface area contributed by atoms with Gasteiger partial charge in [0.1, 0.15) is 0 Å². The highest BCUT2D eigenvalue weighted by Crippen LogP contribution is 2.31. The maximum absolute atomic E-state index is 12.1. The van der Waals surface area contributed by atoms with Crippen molar-refractivity contribution in [2.45, 2.75) is 45.1 Å². The number of ketones is 1. The Morgan fingerprint density at radius 1 is 0.861 bits per heavy atom. The largest absolute Gasteiger partial charge is 0.481 e. The van der Waals surface area contributed by atoms with Crippen LogP contribution in [0, 0.1) is 6.92 Å². The Balaban J connectivity index is 1.41. The number of aryl methyl sites for hydroxylation is 1. The fraction of sp³-hybridized carbons (Fsp3) is 0.233. The van der Waals surface area contributed by atoms with E-state index in [1.54, 1.807) is 12.1 Å². The highest BCUT2D eigenvalue weighted by atomic mass is 16.5. The minimum absolute atomic E-state index is 0.00642. The summed E-state index contributed by atoms with van der Waals surface area (Å²) in [5, 5.41) is 23.4. The average Bonchev–Trinajstić information content (AvgIpc) is 3.28. The van der Waals surface area contributed by atoms with Crippen LogP contribution in [0.3, 0.4) is 0 Å². The standard InChI is InChI=1S/C30H29NO5/c1-20-26(8-5-9-27(32)23-6-3-2-4-7-23)30(36-31-20)25-16-12-22(13-17-25)21-10-14-24(15-11-21)28(33)18-19-29(34)35/h2-4,6-7,10-17,27,32H,5,8-9,18-19H2,1H3,(H,34,35). The Kier molecular flexibility index (Phi) is 8.08. The van der Waals surface area contributed by atoms with Crippen LogP contribution in [0.2, 0.25) is 0 Å². The number of rotatable bonds is 11. The molecule has 184 valence electrons. The number of hydrogen-bond donors (Lipinski definition) is 2. The van der Waals surface area contributed by atoms with E-state index in [1.807, 2.05) is 73.7 Å². The first kappa shape index (κ1) is 25.1. The van der Waals surface area contributed by atoms with Gasteiger partial charge in [0.15, 0.2) is 11.5 Å². The summed E-state index contributed by atoms with van der Waals surface area (Å²) in [4.78, 5) is 22.8. The summed E-state index contributed by atoms with van der Waals surface area (Å²) in [6, 6.07) is 24.8. The number of aliphatic carboxylic acids is 1. The summed E-state index contributed by atoms with van der Waals surface area (Å²) >= 11 is 0. The lowest BCUT2D eigenvalue weighted by atomic mass is 9.97. The van der Waals surface area contributed by atoms with Gasteiger partial charge in [-0.3, -0.25) is 9.59 Å². The van der Waals surface area contributed by atoms with Gasteiger partial charge in [-0.2, -0.15) is 0 Å². The van der Waals surface area contributed by atoms with Crippen molar-refractivity contribution in [1.82, 2.24) is 5.16 Å². The van der Waals surface area contributed by atoms with Crippen molar-refractivity contribution in [2.75, 3.05) is 0 Å². The zero-order valence-electron chi connectivity index (χ0n) is 20.2. The molecule has 6 nitrogen and oxygen atoms in total. The van der Waals surface area contributed by atoms with Gasteiger partial charge < -0.3 is 14.7 Å². The number of carboxylic acids is 1. The second kappa shape index (κ2) is 11.6. The maximum Gasteiger partial charge on any atom is 0.303 e. The molecule has 0 bridgehead atoms. The number of hydrogen-bond acceptors (Lipinski definition) is 5. The molecule has 2 N–H and O–H groups in total. The molecule has 0 saturated carbocycles. The molecule has 36 heavy (non-hydrogen) atoms. The summed E-state index contributed by atoms with van der Waals surface area (Å²) in [6.45, 7) is 1.93. The number of carbonyl (C=O) groups is 2. The van der Waals surface area contributed by atoms with Gasteiger partial charge in [0, 0.05) is 23.1 Å². The highest BCUT2D eigenvalue weighted by Gasteiger charge is 2.16. The fourth-order valence-electron chi connectivity index (χ4n) is 4.25. The number of Topliss-reactive ketones (excluding diaryl/α,β-unsaturated/α-hetero) is 1. The van der Waals surface area contributed by atoms with E-state index in [2.05, 4.69) is 5.16 Å². The average molecular weight is 484 g/mol. The number of aromatic nitrogens is 1. The summed E-state index contributed by atoms with van der Waals surface area (Å²) in [5.41, 5.74) is 6.22. The van der Waals surface area contributed by atoms with E-state index in [9.17, 15) is 14.7 Å². The first-order valence-corrected chi connectivity index (χ1v) is 12.1. The van der Waals surface area contributed by atoms with Gasteiger partial charge in [-0.1, -0.05) is 84.0 Å². The monoisotopic (exact) mass is 483 g/mol. The number of nitrogens with zero attached hydrogens (tertiary/aromatic N) is 1. The van der Waals surface area contributed by atoms with Crippen molar-refractivity contribution in [3.05, 3.63) is 101 Å². The van der Waals surface area contributed by atoms with E-state index in [4.69, 9.17) is 9.63 Å². The Morgan fingerprint density at radius 3 is 2.11 bits per heavy atom. The molecule has 6 heteroatoms. The van der Waals surface area contributed by atoms with Gasteiger partial charge in [-0.25, -0.2) is 0 Å². The van der Waals surface area contributed by atoms with Gasteiger partial charge in [-0.05, 0) is 42.9 Å². The third kappa shape index (κ3) is 6.15. The van der Waals surface area contributed by atoms with Crippen LogP contribution >= 0.6 is 0 Å². The zero-order chi connectivity index (χ0) is 25.5. The normalized spacial score (nSPS) is 11.8. The smallest absolute Gasteiger partial charge is 0.303 e. The maximum atomic E-state index is 12.1. The van der Waals surface area contributed by atoms with Gasteiger partial charge >= 0.3 is 5.97 Å². The summed E-state index contributed by atoms with van der Waals surface area (Å²) in [7, 11) is 0. The lowest BCUT2D eigenvalue weighted by molar-refractivity contribution is -0.136. The number of aliphatic hydroxyl groups excluding tert-OH is 1. The molecule has 0 saturated heterocycles. The van der Waals surface area contributed by atoms with Crippen molar-refractivity contribution in [2.24, 2.45) is 0 Å². The predicted molar refractivity (Wildman–Crippen MR) is 138 cm³/mol. The molecule has 0 amide bonds. The lowest BCUT2D eigenvalue weighted by Crippen LogP contribution is -2.03. The first-order chi connectivity index (χ1) is 17.4. The van der Waals surface area contributed by atoms with Crippen molar-refractivity contribution in [3.63, 3.8) is 0 Å². The number of benzene rings is 3. The topological polar surface area (TPSA) is 101 Å². The van der Waals surface area contributed by atoms with Crippen molar-refractivity contribution < 1.29 is 24.3 Å². The molecule has 1 heterocycles. The predicted octanol–water partition coefficient (Wildman–Crippen LogP) is 6.42. The van der Waals surface area contributed by atoms with Crippen LogP contribution in [0.15, 0.2) is 83.4 Å². The SMILES string of the molecule is Cc1noc(-c2ccc(-c3ccc(C(=O)CCC(=O)O)cc3)cc2)c1CCCC(O)c1ccccc1. The van der Waals surface area contributed by atoms with E-state index in [-0.39, 0.29) is 18.6 Å². The number of aliphatic hydroxyl groups is 1. The Bertz CT molecular complexity index is 1310. The fourth-order valence-corrected chi connectivity index (χ4v) is 4.25. The molecule has 0 aliphatic carbocycles. The van der Waals surface area contributed by atoms with Gasteiger partial charge in [0.05, 0.1) is 18.2 Å². The molecule has 1 aromatic heterocycles. The molecule has 0 aliphatic heterocycles. The van der Waals surface area contributed by atoms with Crippen molar-refractivity contribution in [1.29, 1.82) is 0 Å². The van der Waals surface area contributed by atoms with Crippen LogP contribution in [0.25, 0.3) is 22.5 Å². The summed E-state index contributed by atoms with van der Waals surface area (Å²) in [6.07, 6.45) is 1.55. The lowest BCUT2D eigenvalue weighted by Gasteiger charge is -2.11. The van der Waals surface area contributed by atoms with Crippen LogP contribution in [0.5, 0.6) is 0 Å². The molecule has 0 fully saturated rings. The van der Waals surface area contributed by atoms with Crippen molar-refractivity contribution in [3.8, 4) is 22.5 Å². The molecular weight excluding hydrogens is 454 g/mol. The molecule has 1 unspecified atom stereocenters. The van der Waals surface area contributed by atoms with Gasteiger partial charge in [0.2, 0.25) is 0 Å². The Morgan fingerprint density at radius 2 is 1.47 bits per heavy atom. The molecular formula is C30H29NO5. The highest BCUT2D eigenvalue weighted by molar-refractivity contribution is 5.97. The second-order valence-corrected chi connectivity index (χ2v) is 8.87. The third-order valence-corrected chi connectivity index (χ3v) is 6.33. The number of carboxylic acid groups (broad SMARTS) is 1. The zero-order valence-corrected chi connectivity index (χ0v) is 20.2. The van der Waals surface area contributed by atoms with Crippen molar-refractivity contribution >= 4 is 11.8 Å². The first-order valence-electron chi connectivity index (χ1n) is 12.1. The van der Waals surface area contributed by atoms with Gasteiger partial charge in [0.25, 0.3) is 0 Å². The molecule has 4 aromatic rings. The van der Waals surface area contributed by atoms with Crippen LogP contribution in [0.1, 0.15) is 59.0 Å². The minimum Gasteiger partial charge on any atom is -0.481 e. The molecule has 0 spiro atoms. The quantitative estimate of drug-likeness (QED) is 0.239. The van der Waals surface area contributed by atoms with E-state index >= 15 is 0 Å². The van der Waals surface area contributed by atoms with E-state index in [0.717, 1.165) is 52.1 Å². The summed E-state index contributed by atoms with van der Waals surface area (Å²) < 4.78 is 5.66. The van der Waals surface area contributed by atoms with E-state index < -0.39 is 12.1 Å². The van der Waals surface area contributed by atoms with Crippen LogP contribution in [-0.2, 0) is 11.2 Å². The third-order valence-electron chi connectivity index (χ3n) is 6.33. The van der Waals surface area contributed by atoms with Crippen LogP contribution < -0.4 is 0 Å². The second-order valence-electron chi connectivity index (χ2n) is 8.87. The van der Waals surface area contributed by atoms with E-state index in [0.29, 0.717) is 12.0 Å². The minimum atomic E-state index is -0.977. The molecule has 4 rings (SSSR count). The molecule has 0 radical (unpaired) electrons. The molecule has 0 aliphatic rings. The summed E-state index contributed by atoms with van der Waals surface area (Å²) in [5.74, 6) is -0.411. The number of carbonyl (C=O) groups excluding carboxylic acids is 1. The van der Waals surface area contributed by atoms with Crippen LogP contribution in [0.4, 0.5) is 0 Å². The van der Waals surface area contributed by atoms with Gasteiger partial charge in [-0.15, -0.1) is 0 Å². The van der Waals surface area contributed by atoms with Crippen LogP contribution in [-0.4, -0.2) is 27.1 Å². The Labute approximate surface area is 210 Å². The molecule has 3 aromatic carbocycles. The van der Waals surface area contributed by atoms with E-state index in [1.165, 1.54) is 0 Å². The molecule has 1 atom stereocenters.